The summed E-state index contributed by atoms with van der Waals surface area (Å²) in [6, 6.07) is 8.70. The minimum atomic E-state index is -0.503. The summed E-state index contributed by atoms with van der Waals surface area (Å²) in [5.41, 5.74) is 2.22. The molecule has 2 aliphatic rings. The molecule has 0 bridgehead atoms. The van der Waals surface area contributed by atoms with Crippen molar-refractivity contribution in [2.75, 3.05) is 6.54 Å². The Bertz CT molecular complexity index is 382. The van der Waals surface area contributed by atoms with Crippen molar-refractivity contribution in [2.45, 2.75) is 43.7 Å². The van der Waals surface area contributed by atoms with Crippen molar-refractivity contribution in [1.29, 1.82) is 0 Å². The molecule has 1 aliphatic carbocycles. The van der Waals surface area contributed by atoms with Crippen LogP contribution >= 0.6 is 0 Å². The normalized spacial score (nSPS) is 27.7. The van der Waals surface area contributed by atoms with Gasteiger partial charge in [-0.2, -0.15) is 0 Å². The van der Waals surface area contributed by atoms with Crippen LogP contribution in [0.15, 0.2) is 24.3 Å². The minimum absolute atomic E-state index is 0.153. The number of aliphatic hydroxyl groups is 1. The summed E-state index contributed by atoms with van der Waals surface area (Å²) in [6.45, 7) is 0.990. The van der Waals surface area contributed by atoms with Gasteiger partial charge in [0.05, 0.1) is 11.6 Å². The number of nitrogens with one attached hydrogen (secondary N) is 1. The maximum absolute atomic E-state index is 10.7. The Morgan fingerprint density at radius 2 is 1.94 bits per heavy atom. The van der Waals surface area contributed by atoms with Crippen molar-refractivity contribution in [3.05, 3.63) is 35.4 Å². The average molecular weight is 217 g/mol. The van der Waals surface area contributed by atoms with Crippen molar-refractivity contribution in [2.24, 2.45) is 0 Å². The summed E-state index contributed by atoms with van der Waals surface area (Å²) in [4.78, 5) is 0. The van der Waals surface area contributed by atoms with E-state index in [0.717, 1.165) is 38.6 Å². The highest BCUT2D eigenvalue weighted by Gasteiger charge is 2.41. The Balaban J connectivity index is 1.98. The van der Waals surface area contributed by atoms with Gasteiger partial charge < -0.3 is 10.4 Å². The van der Waals surface area contributed by atoms with Gasteiger partial charge in [0, 0.05) is 0 Å². The van der Waals surface area contributed by atoms with Crippen LogP contribution in [0.4, 0.5) is 0 Å². The molecule has 1 aliphatic heterocycles. The van der Waals surface area contributed by atoms with E-state index in [9.17, 15) is 5.11 Å². The predicted octanol–water partition coefficient (Wildman–Crippen LogP) is 2.18. The van der Waals surface area contributed by atoms with Gasteiger partial charge in [-0.1, -0.05) is 37.1 Å². The molecule has 2 nitrogen and oxygen atoms in total. The third-order valence-corrected chi connectivity index (χ3v) is 4.12. The maximum atomic E-state index is 10.7. The van der Waals surface area contributed by atoms with Crippen LogP contribution in [-0.4, -0.2) is 17.3 Å². The summed E-state index contributed by atoms with van der Waals surface area (Å²) < 4.78 is 0. The molecule has 2 heteroatoms. The first-order chi connectivity index (χ1) is 7.80. The largest absolute Gasteiger partial charge is 0.388 e. The molecular formula is C14H19NO. The van der Waals surface area contributed by atoms with E-state index >= 15 is 0 Å². The van der Waals surface area contributed by atoms with Gasteiger partial charge in [0.2, 0.25) is 0 Å². The van der Waals surface area contributed by atoms with E-state index in [4.69, 9.17) is 0 Å². The van der Waals surface area contributed by atoms with E-state index in [2.05, 4.69) is 29.6 Å². The highest BCUT2D eigenvalue weighted by atomic mass is 16.3. The van der Waals surface area contributed by atoms with E-state index < -0.39 is 5.60 Å². The summed E-state index contributed by atoms with van der Waals surface area (Å²) in [7, 11) is 0. The summed E-state index contributed by atoms with van der Waals surface area (Å²) in [5, 5.41) is 14.2. The average Bonchev–Trinajstić information content (AvgIpc) is 2.77. The van der Waals surface area contributed by atoms with Crippen molar-refractivity contribution in [3.8, 4) is 0 Å². The van der Waals surface area contributed by atoms with E-state index in [1.54, 1.807) is 0 Å². The molecule has 0 aromatic heterocycles. The zero-order valence-corrected chi connectivity index (χ0v) is 9.58. The number of hydrogen-bond acceptors (Lipinski definition) is 2. The topological polar surface area (TPSA) is 32.3 Å². The van der Waals surface area contributed by atoms with Gasteiger partial charge in [0.15, 0.2) is 0 Å². The number of benzene rings is 1. The summed E-state index contributed by atoms with van der Waals surface area (Å²) in [6.07, 6.45) is 5.30. The third kappa shape index (κ3) is 1.57. The molecule has 1 atom stereocenters. The second-order valence-electron chi connectivity index (χ2n) is 5.15. The van der Waals surface area contributed by atoms with Crippen LogP contribution in [0.2, 0.25) is 0 Å². The first-order valence-corrected chi connectivity index (χ1v) is 6.33. The van der Waals surface area contributed by atoms with Gasteiger partial charge in [0.1, 0.15) is 0 Å². The van der Waals surface area contributed by atoms with Crippen molar-refractivity contribution in [3.63, 3.8) is 0 Å². The Hall–Kier alpha value is -0.860. The van der Waals surface area contributed by atoms with Gasteiger partial charge in [-0.25, -0.2) is 0 Å². The Kier molecular flexibility index (Phi) is 2.49. The quantitative estimate of drug-likeness (QED) is 0.755. The Labute approximate surface area is 96.7 Å². The zero-order chi connectivity index (χ0) is 11.0. The van der Waals surface area contributed by atoms with Gasteiger partial charge >= 0.3 is 0 Å². The van der Waals surface area contributed by atoms with Crippen LogP contribution in [-0.2, 0) is 6.42 Å². The molecule has 1 heterocycles. The van der Waals surface area contributed by atoms with Crippen LogP contribution in [0, 0.1) is 0 Å². The molecule has 3 rings (SSSR count). The lowest BCUT2D eigenvalue weighted by Gasteiger charge is -2.37. The smallest absolute Gasteiger partial charge is 0.0841 e. The molecule has 86 valence electrons. The highest BCUT2D eigenvalue weighted by Crippen LogP contribution is 2.41. The van der Waals surface area contributed by atoms with E-state index in [-0.39, 0.29) is 6.04 Å². The summed E-state index contributed by atoms with van der Waals surface area (Å²) >= 11 is 0. The fourth-order valence-electron chi connectivity index (χ4n) is 3.26. The van der Waals surface area contributed by atoms with Crippen molar-refractivity contribution in [1.82, 2.24) is 5.32 Å². The Morgan fingerprint density at radius 1 is 1.19 bits per heavy atom. The first-order valence-electron chi connectivity index (χ1n) is 6.33. The van der Waals surface area contributed by atoms with Crippen molar-refractivity contribution >= 4 is 0 Å². The predicted molar refractivity (Wildman–Crippen MR) is 64.3 cm³/mol. The first kappa shape index (κ1) is 10.3. The van der Waals surface area contributed by atoms with Crippen LogP contribution in [0.25, 0.3) is 0 Å². The van der Waals surface area contributed by atoms with Gasteiger partial charge in [0.25, 0.3) is 0 Å². The fraction of sp³-hybridized carbons (Fsp3) is 0.571. The molecule has 16 heavy (non-hydrogen) atoms. The molecule has 2 N–H and O–H groups in total. The summed E-state index contributed by atoms with van der Waals surface area (Å²) in [5.74, 6) is 0. The zero-order valence-electron chi connectivity index (χ0n) is 9.58. The molecule has 0 radical (unpaired) electrons. The lowest BCUT2D eigenvalue weighted by atomic mass is 9.82. The molecule has 0 unspecified atom stereocenters. The highest BCUT2D eigenvalue weighted by molar-refractivity contribution is 5.34. The van der Waals surface area contributed by atoms with Crippen LogP contribution < -0.4 is 5.32 Å². The van der Waals surface area contributed by atoms with E-state index in [1.165, 1.54) is 11.1 Å². The van der Waals surface area contributed by atoms with Crippen LogP contribution in [0.5, 0.6) is 0 Å². The van der Waals surface area contributed by atoms with Gasteiger partial charge in [-0.15, -0.1) is 0 Å². The van der Waals surface area contributed by atoms with Crippen LogP contribution in [0.1, 0.15) is 42.9 Å². The lowest BCUT2D eigenvalue weighted by molar-refractivity contribution is 0.00490. The van der Waals surface area contributed by atoms with Gasteiger partial charge in [-0.05, 0) is 36.9 Å². The number of hydrogen-bond donors (Lipinski definition) is 2. The van der Waals surface area contributed by atoms with E-state index in [1.807, 2.05) is 0 Å². The SMILES string of the molecule is OC1([C@@H]2NCCc3ccccc32)CCCC1. The molecule has 1 saturated carbocycles. The second kappa shape index (κ2) is 3.86. The molecule has 1 aromatic rings. The molecule has 0 amide bonds. The van der Waals surface area contributed by atoms with Crippen LogP contribution in [0.3, 0.4) is 0 Å². The standard InChI is InChI=1S/C14H19NO/c16-14(8-3-4-9-14)13-12-6-2-1-5-11(12)7-10-15-13/h1-2,5-6,13,15-16H,3-4,7-10H2/t13-/m1/s1. The molecule has 0 saturated heterocycles. The maximum Gasteiger partial charge on any atom is 0.0841 e. The number of rotatable bonds is 1. The second-order valence-corrected chi connectivity index (χ2v) is 5.15. The van der Waals surface area contributed by atoms with Crippen molar-refractivity contribution < 1.29 is 5.11 Å². The molecule has 1 aromatic carbocycles. The monoisotopic (exact) mass is 217 g/mol. The lowest BCUT2D eigenvalue weighted by Crippen LogP contribution is -2.45. The minimum Gasteiger partial charge on any atom is -0.388 e. The van der Waals surface area contributed by atoms with E-state index in [0.29, 0.717) is 0 Å². The third-order valence-electron chi connectivity index (χ3n) is 4.12. The van der Waals surface area contributed by atoms with Gasteiger partial charge in [-0.3, -0.25) is 0 Å². The molecule has 0 spiro atoms. The molecule has 1 fully saturated rings. The Morgan fingerprint density at radius 3 is 2.75 bits per heavy atom. The fourth-order valence-corrected chi connectivity index (χ4v) is 3.26. The number of fused-ring (bicyclic) bond motifs is 1. The molecular weight excluding hydrogens is 198 g/mol.